The van der Waals surface area contributed by atoms with Gasteiger partial charge in [-0.05, 0) is 83.2 Å². The molecule has 0 bridgehead atoms. The van der Waals surface area contributed by atoms with Gasteiger partial charge in [-0.15, -0.1) is 0 Å². The molecule has 13 atom stereocenters. The Bertz CT molecular complexity index is 1830. The van der Waals surface area contributed by atoms with Crippen molar-refractivity contribution < 1.29 is 62.5 Å². The van der Waals surface area contributed by atoms with E-state index >= 15 is 0 Å². The second-order valence-electron chi connectivity index (χ2n) is 19.3. The summed E-state index contributed by atoms with van der Waals surface area (Å²) in [7, 11) is 0. The zero-order valence-corrected chi connectivity index (χ0v) is 36.2. The second-order valence-corrected chi connectivity index (χ2v) is 19.3. The van der Waals surface area contributed by atoms with Crippen molar-refractivity contribution in [2.45, 2.75) is 161 Å². The van der Waals surface area contributed by atoms with Crippen LogP contribution in [0.5, 0.6) is 0 Å². The predicted molar refractivity (Wildman–Crippen MR) is 214 cm³/mol. The Morgan fingerprint density at radius 2 is 1.71 bits per heavy atom. The molecule has 0 aromatic heterocycles. The molecule has 0 radical (unpaired) electrons. The van der Waals surface area contributed by atoms with Gasteiger partial charge in [0.05, 0.1) is 47.4 Å². The minimum Gasteiger partial charge on any atom is -0.457 e. The van der Waals surface area contributed by atoms with Crippen LogP contribution in [0.25, 0.3) is 0 Å². The molecule has 4 unspecified atom stereocenters. The third kappa shape index (κ3) is 7.73. The quantitative estimate of drug-likeness (QED) is 0.143. The number of benzene rings is 1. The van der Waals surface area contributed by atoms with Gasteiger partial charge in [-0.25, -0.2) is 14.4 Å². The molecule has 1 amide bonds. The van der Waals surface area contributed by atoms with Crippen LogP contribution in [0.1, 0.15) is 106 Å². The molecule has 14 nitrogen and oxygen atoms in total. The van der Waals surface area contributed by atoms with Gasteiger partial charge in [0.2, 0.25) is 0 Å². The number of esters is 3. The maximum atomic E-state index is 14.5. The summed E-state index contributed by atoms with van der Waals surface area (Å²) in [6.45, 7) is 23.2. The zero-order valence-electron chi connectivity index (χ0n) is 36.2. The number of hydrogen-bond donors (Lipinski definition) is 3. The molecule has 0 spiro atoms. The van der Waals surface area contributed by atoms with Crippen LogP contribution in [0.4, 0.5) is 4.79 Å². The third-order valence-corrected chi connectivity index (χ3v) is 13.3. The summed E-state index contributed by atoms with van der Waals surface area (Å²) in [5, 5.41) is 27.0. The van der Waals surface area contributed by atoms with Gasteiger partial charge in [0, 0.05) is 31.1 Å². The third-order valence-electron chi connectivity index (χ3n) is 13.3. The molecule has 6 rings (SSSR count). The highest BCUT2D eigenvalue weighted by atomic mass is 16.7. The molecular formula is C45H63NO13. The minimum atomic E-state index is -1.79. The molecule has 2 aliphatic heterocycles. The molecule has 3 aliphatic carbocycles. The summed E-state index contributed by atoms with van der Waals surface area (Å²) in [6.07, 6.45) is -5.55. The van der Waals surface area contributed by atoms with E-state index in [1.165, 1.54) is 6.92 Å². The molecule has 326 valence electrons. The Morgan fingerprint density at radius 1 is 1.05 bits per heavy atom. The van der Waals surface area contributed by atoms with Gasteiger partial charge in [0.1, 0.15) is 23.9 Å². The number of aliphatic hydroxyl groups is 2. The Kier molecular flexibility index (Phi) is 12.1. The lowest BCUT2D eigenvalue weighted by Gasteiger charge is -2.67. The van der Waals surface area contributed by atoms with Crippen LogP contribution in [0.3, 0.4) is 0 Å². The lowest BCUT2D eigenvalue weighted by Crippen LogP contribution is -2.80. The average molecular weight is 826 g/mol. The first-order valence-corrected chi connectivity index (χ1v) is 20.7. The van der Waals surface area contributed by atoms with E-state index < -0.39 is 112 Å². The first kappa shape index (κ1) is 44.7. The van der Waals surface area contributed by atoms with Gasteiger partial charge in [-0.3, -0.25) is 4.79 Å². The Labute approximate surface area is 347 Å². The summed E-state index contributed by atoms with van der Waals surface area (Å²) in [5.41, 5.74) is -4.92. The average Bonchev–Trinajstić information content (AvgIpc) is 3.39. The number of fused-ring (bicyclic) bond motifs is 3. The van der Waals surface area contributed by atoms with Crippen LogP contribution in [-0.4, -0.2) is 107 Å². The van der Waals surface area contributed by atoms with E-state index in [9.17, 15) is 29.4 Å². The fourth-order valence-corrected chi connectivity index (χ4v) is 11.1. The van der Waals surface area contributed by atoms with Crippen LogP contribution < -0.4 is 5.32 Å². The fraction of sp³-hybridized carbons (Fsp3) is 0.689. The number of hydrogen-bond acceptors (Lipinski definition) is 13. The van der Waals surface area contributed by atoms with Crippen molar-refractivity contribution in [2.24, 2.45) is 28.6 Å². The summed E-state index contributed by atoms with van der Waals surface area (Å²) in [4.78, 5) is 54.6. The summed E-state index contributed by atoms with van der Waals surface area (Å²) >= 11 is 0. The van der Waals surface area contributed by atoms with Gasteiger partial charge in [0.15, 0.2) is 18.0 Å². The highest BCUT2D eigenvalue weighted by molar-refractivity contribution is 5.89. The maximum Gasteiger partial charge on any atom is 0.407 e. The highest BCUT2D eigenvalue weighted by Crippen LogP contribution is 2.70. The molecule has 4 fully saturated rings. The standard InChI is InChI=1S/C45H63NO13/c1-13-32-55-30-20-31-45(22-53-31,58-26(6)47)35-37(57-38(49)27-17-15-14-16-18-27)44(42(10,11)52)21-29(24(4)33(44)25(5)36(56-32)43(30,35)12)54-39(50)34(48)28(19-23(2)3)46-40(51)59-41(7,8)9/h13-18,23,25,28-32,34-37,48,52H,1,19-22H2,2-12H3,(H,46,51)/t25-,28?,29?,30-,31+,32?,34+,35-,36?,37-,43+,44-,45-/m0/s1. The van der Waals surface area contributed by atoms with Crippen molar-refractivity contribution in [1.82, 2.24) is 5.32 Å². The van der Waals surface area contributed by atoms with E-state index in [2.05, 4.69) is 11.9 Å². The van der Waals surface area contributed by atoms with Gasteiger partial charge in [-0.1, -0.05) is 52.5 Å². The van der Waals surface area contributed by atoms with Crippen molar-refractivity contribution >= 4 is 24.0 Å². The number of rotatable bonds is 11. The Hall–Kier alpha value is -3.82. The minimum absolute atomic E-state index is 0.0118. The SMILES string of the molecule is C=CC1OC2[C@@H](C)C3=C(C)C(OC(=O)[C@H](O)C(CC(C)C)NC(=O)OC(C)(C)C)C[C@@]3(C(C)(C)O)[C@@H](OC(=O)c3ccccc3)[C@@H]3[C@]4(OC(C)=O)CO[C@@H]4C[C@H](O1)[C@@]23C. The maximum absolute atomic E-state index is 14.5. The summed E-state index contributed by atoms with van der Waals surface area (Å²) in [6, 6.07) is 7.43. The molecule has 2 heterocycles. The van der Waals surface area contributed by atoms with Crippen molar-refractivity contribution in [1.29, 1.82) is 0 Å². The molecule has 2 saturated carbocycles. The van der Waals surface area contributed by atoms with E-state index in [1.54, 1.807) is 78.0 Å². The van der Waals surface area contributed by atoms with E-state index in [-0.39, 0.29) is 30.9 Å². The predicted octanol–water partition coefficient (Wildman–Crippen LogP) is 5.57. The molecule has 2 saturated heterocycles. The van der Waals surface area contributed by atoms with E-state index in [1.807, 2.05) is 27.7 Å². The van der Waals surface area contributed by atoms with Crippen LogP contribution >= 0.6 is 0 Å². The molecule has 3 N–H and O–H groups in total. The number of carbonyl (C=O) groups excluding carboxylic acids is 4. The van der Waals surface area contributed by atoms with Crippen molar-refractivity contribution in [2.75, 3.05) is 6.61 Å². The fourth-order valence-electron chi connectivity index (χ4n) is 11.1. The molecule has 59 heavy (non-hydrogen) atoms. The normalized spacial score (nSPS) is 36.0. The van der Waals surface area contributed by atoms with E-state index in [4.69, 9.17) is 33.2 Å². The Balaban J connectivity index is 1.52. The molecule has 14 heteroatoms. The first-order valence-electron chi connectivity index (χ1n) is 20.7. The zero-order chi connectivity index (χ0) is 43.6. The van der Waals surface area contributed by atoms with Crippen LogP contribution in [-0.2, 0) is 42.7 Å². The smallest absolute Gasteiger partial charge is 0.407 e. The van der Waals surface area contributed by atoms with Gasteiger partial charge in [0.25, 0.3) is 0 Å². The summed E-state index contributed by atoms with van der Waals surface area (Å²) < 4.78 is 44.4. The Morgan fingerprint density at radius 3 is 2.25 bits per heavy atom. The van der Waals surface area contributed by atoms with Crippen LogP contribution in [0.2, 0.25) is 0 Å². The first-order chi connectivity index (χ1) is 27.4. The molecule has 5 aliphatic rings. The molecule has 1 aromatic carbocycles. The molecular weight excluding hydrogens is 762 g/mol. The van der Waals surface area contributed by atoms with Gasteiger partial charge < -0.3 is 48.7 Å². The van der Waals surface area contributed by atoms with E-state index in [0.717, 1.165) is 0 Å². The van der Waals surface area contributed by atoms with E-state index in [0.29, 0.717) is 17.6 Å². The van der Waals surface area contributed by atoms with Gasteiger partial charge >= 0.3 is 24.0 Å². The number of nitrogens with one attached hydrogen (secondary N) is 1. The van der Waals surface area contributed by atoms with Gasteiger partial charge in [-0.2, -0.15) is 0 Å². The van der Waals surface area contributed by atoms with Crippen molar-refractivity contribution in [3.63, 3.8) is 0 Å². The monoisotopic (exact) mass is 825 g/mol. The van der Waals surface area contributed by atoms with Crippen molar-refractivity contribution in [3.05, 3.63) is 59.7 Å². The second kappa shape index (κ2) is 15.9. The van der Waals surface area contributed by atoms with Crippen LogP contribution in [0, 0.1) is 28.6 Å². The lowest BCUT2D eigenvalue weighted by molar-refractivity contribution is -0.391. The summed E-state index contributed by atoms with van der Waals surface area (Å²) in [5.74, 6) is -3.69. The van der Waals surface area contributed by atoms with Crippen molar-refractivity contribution in [3.8, 4) is 0 Å². The number of amides is 1. The van der Waals surface area contributed by atoms with Crippen LogP contribution in [0.15, 0.2) is 54.1 Å². The number of carbonyl (C=O) groups is 4. The molecule has 1 aromatic rings. The number of alkyl carbamates (subject to hydrolysis) is 1. The topological polar surface area (TPSA) is 185 Å². The highest BCUT2D eigenvalue weighted by Gasteiger charge is 2.80. The lowest BCUT2D eigenvalue weighted by atomic mass is 9.49. The largest absolute Gasteiger partial charge is 0.457 e. The number of aliphatic hydroxyl groups excluding tert-OH is 1. The number of ether oxygens (including phenoxy) is 7.